The van der Waals surface area contributed by atoms with Gasteiger partial charge in [0.2, 0.25) is 0 Å². The van der Waals surface area contributed by atoms with E-state index in [4.69, 9.17) is 0 Å². The number of rotatable bonds is 3. The first-order valence-corrected chi connectivity index (χ1v) is 3.90. The van der Waals surface area contributed by atoms with E-state index >= 15 is 0 Å². The second-order valence-corrected chi connectivity index (χ2v) is 2.69. The Hall–Kier alpha value is -0.120. The van der Waals surface area contributed by atoms with Crippen LogP contribution < -0.4 is 5.32 Å². The van der Waals surface area contributed by atoms with Crippen LogP contribution in [0.15, 0.2) is 11.6 Å². The number of hydrogen-bond acceptors (Lipinski definition) is 3. The minimum atomic E-state index is 0. The van der Waals surface area contributed by atoms with E-state index in [0.29, 0.717) is 0 Å². The lowest BCUT2D eigenvalue weighted by molar-refractivity contribution is 0.722. The largest absolute Gasteiger partial charge is 0.311 e. The highest BCUT2D eigenvalue weighted by atomic mass is 35.5. The zero-order chi connectivity index (χ0) is 6.53. The zero-order valence-corrected chi connectivity index (χ0v) is 7.47. The maximum absolute atomic E-state index is 4.11. The molecule has 1 heterocycles. The van der Waals surface area contributed by atoms with Gasteiger partial charge >= 0.3 is 0 Å². The Morgan fingerprint density at radius 1 is 1.70 bits per heavy atom. The number of aromatic nitrogens is 1. The molecule has 0 saturated heterocycles. The van der Waals surface area contributed by atoms with Crippen LogP contribution in [0.3, 0.4) is 0 Å². The molecule has 58 valence electrons. The molecule has 1 rings (SSSR count). The second-order valence-electron chi connectivity index (χ2n) is 1.71. The molecule has 0 spiro atoms. The molecule has 0 unspecified atom stereocenters. The molecule has 0 amide bonds. The maximum atomic E-state index is 4.11. The van der Waals surface area contributed by atoms with E-state index in [1.165, 1.54) is 0 Å². The summed E-state index contributed by atoms with van der Waals surface area (Å²) in [6, 6.07) is 0. The molecule has 1 aromatic heterocycles. The van der Waals surface area contributed by atoms with Crippen molar-refractivity contribution in [2.24, 2.45) is 0 Å². The van der Waals surface area contributed by atoms with E-state index in [-0.39, 0.29) is 12.4 Å². The highest BCUT2D eigenvalue weighted by Gasteiger charge is 1.89. The SMILES string of the molecule is CCNCc1nccs1.Cl. The molecule has 4 heteroatoms. The van der Waals surface area contributed by atoms with Crippen LogP contribution >= 0.6 is 23.7 Å². The quantitative estimate of drug-likeness (QED) is 0.762. The molecular formula is C6H11ClN2S. The van der Waals surface area contributed by atoms with Crippen molar-refractivity contribution in [3.8, 4) is 0 Å². The van der Waals surface area contributed by atoms with Gasteiger partial charge in [-0.15, -0.1) is 23.7 Å². The molecule has 1 N–H and O–H groups in total. The normalized spacial score (nSPS) is 8.90. The zero-order valence-electron chi connectivity index (χ0n) is 5.83. The molecule has 0 fully saturated rings. The van der Waals surface area contributed by atoms with Crippen LogP contribution in [0.2, 0.25) is 0 Å². The van der Waals surface area contributed by atoms with Gasteiger partial charge in [-0.3, -0.25) is 0 Å². The smallest absolute Gasteiger partial charge is 0.106 e. The summed E-state index contributed by atoms with van der Waals surface area (Å²) in [6.07, 6.45) is 1.83. The van der Waals surface area contributed by atoms with Crippen LogP contribution in [0.5, 0.6) is 0 Å². The van der Waals surface area contributed by atoms with Gasteiger partial charge in [-0.2, -0.15) is 0 Å². The van der Waals surface area contributed by atoms with Gasteiger partial charge in [-0.25, -0.2) is 4.98 Å². The summed E-state index contributed by atoms with van der Waals surface area (Å²) >= 11 is 1.69. The Labute approximate surface area is 71.1 Å². The average molecular weight is 179 g/mol. The Balaban J connectivity index is 0.000000810. The van der Waals surface area contributed by atoms with Gasteiger partial charge in [0, 0.05) is 18.1 Å². The van der Waals surface area contributed by atoms with Crippen LogP contribution in [0.25, 0.3) is 0 Å². The molecule has 0 aliphatic carbocycles. The Bertz CT molecular complexity index is 153. The molecule has 0 aliphatic rings. The minimum Gasteiger partial charge on any atom is -0.311 e. The Kier molecular flexibility index (Phi) is 5.58. The van der Waals surface area contributed by atoms with Crippen molar-refractivity contribution >= 4 is 23.7 Å². The van der Waals surface area contributed by atoms with Crippen molar-refractivity contribution in [3.05, 3.63) is 16.6 Å². The molecule has 0 atom stereocenters. The third kappa shape index (κ3) is 3.15. The van der Waals surface area contributed by atoms with Gasteiger partial charge in [-0.1, -0.05) is 6.92 Å². The second kappa shape index (κ2) is 5.65. The van der Waals surface area contributed by atoms with Gasteiger partial charge in [-0.05, 0) is 6.54 Å². The van der Waals surface area contributed by atoms with E-state index in [9.17, 15) is 0 Å². The number of halogens is 1. The van der Waals surface area contributed by atoms with Crippen molar-refractivity contribution in [1.29, 1.82) is 0 Å². The van der Waals surface area contributed by atoms with E-state index in [1.807, 2.05) is 11.6 Å². The summed E-state index contributed by atoms with van der Waals surface area (Å²) in [5.41, 5.74) is 0. The average Bonchev–Trinajstić information content (AvgIpc) is 2.34. The molecule has 2 nitrogen and oxygen atoms in total. The fraction of sp³-hybridized carbons (Fsp3) is 0.500. The predicted octanol–water partition coefficient (Wildman–Crippen LogP) is 1.67. The van der Waals surface area contributed by atoms with E-state index in [1.54, 1.807) is 11.3 Å². The fourth-order valence-corrected chi connectivity index (χ4v) is 1.16. The molecule has 0 aromatic carbocycles. The topological polar surface area (TPSA) is 24.9 Å². The van der Waals surface area contributed by atoms with Gasteiger partial charge in [0.25, 0.3) is 0 Å². The van der Waals surface area contributed by atoms with E-state index in [2.05, 4.69) is 17.2 Å². The third-order valence-corrected chi connectivity index (χ3v) is 1.79. The summed E-state index contributed by atoms with van der Waals surface area (Å²) in [4.78, 5) is 4.11. The monoisotopic (exact) mass is 178 g/mol. The van der Waals surface area contributed by atoms with Gasteiger partial charge in [0.15, 0.2) is 0 Å². The molecule has 0 saturated carbocycles. The van der Waals surface area contributed by atoms with E-state index < -0.39 is 0 Å². The Morgan fingerprint density at radius 2 is 2.50 bits per heavy atom. The fourth-order valence-electron chi connectivity index (χ4n) is 0.572. The summed E-state index contributed by atoms with van der Waals surface area (Å²) in [7, 11) is 0. The number of hydrogen-bond donors (Lipinski definition) is 1. The number of nitrogens with one attached hydrogen (secondary N) is 1. The first-order chi connectivity index (χ1) is 4.43. The lowest BCUT2D eigenvalue weighted by Gasteiger charge is -1.93. The van der Waals surface area contributed by atoms with Gasteiger partial charge in [0.05, 0.1) is 0 Å². The lowest BCUT2D eigenvalue weighted by Crippen LogP contribution is -2.11. The van der Waals surface area contributed by atoms with Crippen LogP contribution in [0.1, 0.15) is 11.9 Å². The van der Waals surface area contributed by atoms with Crippen LogP contribution in [0, 0.1) is 0 Å². The van der Waals surface area contributed by atoms with Crippen molar-refractivity contribution in [1.82, 2.24) is 10.3 Å². The first-order valence-electron chi connectivity index (χ1n) is 3.02. The predicted molar refractivity (Wildman–Crippen MR) is 46.7 cm³/mol. The molecule has 10 heavy (non-hydrogen) atoms. The molecule has 0 aliphatic heterocycles. The molecular weight excluding hydrogens is 168 g/mol. The lowest BCUT2D eigenvalue weighted by atomic mass is 10.6. The maximum Gasteiger partial charge on any atom is 0.106 e. The molecule has 0 radical (unpaired) electrons. The summed E-state index contributed by atoms with van der Waals surface area (Å²) in [6.45, 7) is 4.02. The van der Waals surface area contributed by atoms with Crippen LogP contribution in [0.4, 0.5) is 0 Å². The number of thiazole rings is 1. The highest BCUT2D eigenvalue weighted by molar-refractivity contribution is 7.09. The molecule has 0 bridgehead atoms. The van der Waals surface area contributed by atoms with Crippen molar-refractivity contribution in [2.45, 2.75) is 13.5 Å². The van der Waals surface area contributed by atoms with Crippen molar-refractivity contribution in [3.63, 3.8) is 0 Å². The number of nitrogens with zero attached hydrogens (tertiary/aromatic N) is 1. The van der Waals surface area contributed by atoms with Crippen LogP contribution in [-0.2, 0) is 6.54 Å². The van der Waals surface area contributed by atoms with Crippen molar-refractivity contribution in [2.75, 3.05) is 6.54 Å². The standard InChI is InChI=1S/C6H10N2S.ClH/c1-2-7-5-6-8-3-4-9-6;/h3-4,7H,2,5H2,1H3;1H. The van der Waals surface area contributed by atoms with Crippen molar-refractivity contribution < 1.29 is 0 Å². The summed E-state index contributed by atoms with van der Waals surface area (Å²) < 4.78 is 0. The first kappa shape index (κ1) is 9.88. The summed E-state index contributed by atoms with van der Waals surface area (Å²) in [5.74, 6) is 0. The Morgan fingerprint density at radius 3 is 3.00 bits per heavy atom. The molecule has 1 aromatic rings. The highest BCUT2D eigenvalue weighted by Crippen LogP contribution is 2.01. The third-order valence-electron chi connectivity index (χ3n) is 1.01. The van der Waals surface area contributed by atoms with Gasteiger partial charge < -0.3 is 5.32 Å². The van der Waals surface area contributed by atoms with Gasteiger partial charge in [0.1, 0.15) is 5.01 Å². The minimum absolute atomic E-state index is 0. The van der Waals surface area contributed by atoms with Crippen LogP contribution in [-0.4, -0.2) is 11.5 Å². The summed E-state index contributed by atoms with van der Waals surface area (Å²) in [5, 5.41) is 6.36. The van der Waals surface area contributed by atoms with E-state index in [0.717, 1.165) is 18.1 Å².